The zero-order valence-corrected chi connectivity index (χ0v) is 11.5. The standard InChI is InChI=1S/C13H7Cl2N3O2/c14-10-7(5-16-13(15)17-10)6-18-11(19)8-3-1-2-4-9(8)12(18)20/h1-5H,6H2. The zero-order chi connectivity index (χ0) is 14.3. The molecule has 0 saturated carbocycles. The molecule has 0 unspecified atom stereocenters. The van der Waals surface area contributed by atoms with Crippen molar-refractivity contribution in [3.05, 3.63) is 57.6 Å². The molecule has 0 aliphatic carbocycles. The van der Waals surface area contributed by atoms with Crippen molar-refractivity contribution >= 4 is 35.0 Å². The maximum atomic E-state index is 12.2. The fourth-order valence-electron chi connectivity index (χ4n) is 2.03. The highest BCUT2D eigenvalue weighted by molar-refractivity contribution is 6.32. The molecule has 1 aliphatic rings. The number of aromatic nitrogens is 2. The van der Waals surface area contributed by atoms with Gasteiger partial charge >= 0.3 is 0 Å². The predicted molar refractivity (Wildman–Crippen MR) is 72.7 cm³/mol. The summed E-state index contributed by atoms with van der Waals surface area (Å²) in [5, 5.41) is 0.141. The van der Waals surface area contributed by atoms with Crippen molar-refractivity contribution in [1.29, 1.82) is 0 Å². The summed E-state index contributed by atoms with van der Waals surface area (Å²) >= 11 is 11.5. The van der Waals surface area contributed by atoms with E-state index in [1.54, 1.807) is 24.3 Å². The monoisotopic (exact) mass is 307 g/mol. The number of carbonyl (C=O) groups excluding carboxylic acids is 2. The van der Waals surface area contributed by atoms with E-state index in [1.165, 1.54) is 6.20 Å². The summed E-state index contributed by atoms with van der Waals surface area (Å²) < 4.78 is 0. The lowest BCUT2D eigenvalue weighted by Crippen LogP contribution is -2.29. The van der Waals surface area contributed by atoms with Gasteiger partial charge in [-0.25, -0.2) is 9.97 Å². The molecule has 7 heteroatoms. The lowest BCUT2D eigenvalue weighted by atomic mass is 10.1. The van der Waals surface area contributed by atoms with Crippen LogP contribution in [0.5, 0.6) is 0 Å². The Kier molecular flexibility index (Phi) is 3.16. The molecule has 5 nitrogen and oxygen atoms in total. The summed E-state index contributed by atoms with van der Waals surface area (Å²) in [6.45, 7) is 0.0162. The zero-order valence-electron chi connectivity index (χ0n) is 10.0. The van der Waals surface area contributed by atoms with Crippen LogP contribution in [0.4, 0.5) is 0 Å². The third kappa shape index (κ3) is 2.05. The second-order valence-corrected chi connectivity index (χ2v) is 4.89. The van der Waals surface area contributed by atoms with Gasteiger partial charge < -0.3 is 0 Å². The highest BCUT2D eigenvalue weighted by atomic mass is 35.5. The van der Waals surface area contributed by atoms with Crippen molar-refractivity contribution in [1.82, 2.24) is 14.9 Å². The van der Waals surface area contributed by atoms with Crippen molar-refractivity contribution in [2.24, 2.45) is 0 Å². The molecule has 2 aromatic rings. The molecule has 1 aliphatic heterocycles. The molecule has 3 rings (SSSR count). The van der Waals surface area contributed by atoms with Crippen molar-refractivity contribution < 1.29 is 9.59 Å². The maximum Gasteiger partial charge on any atom is 0.261 e. The minimum atomic E-state index is -0.350. The van der Waals surface area contributed by atoms with Gasteiger partial charge in [-0.3, -0.25) is 14.5 Å². The van der Waals surface area contributed by atoms with Gasteiger partial charge in [0, 0.05) is 11.8 Å². The average Bonchev–Trinajstić information content (AvgIpc) is 2.67. The molecule has 1 aromatic carbocycles. The van der Waals surface area contributed by atoms with Gasteiger partial charge in [0.05, 0.1) is 17.7 Å². The number of nitrogens with zero attached hydrogens (tertiary/aromatic N) is 3. The summed E-state index contributed by atoms with van der Waals surface area (Å²) in [5.74, 6) is -0.701. The molecule has 2 heterocycles. The molecule has 0 spiro atoms. The average molecular weight is 308 g/mol. The number of fused-ring (bicyclic) bond motifs is 1. The fraction of sp³-hybridized carbons (Fsp3) is 0.0769. The number of rotatable bonds is 2. The van der Waals surface area contributed by atoms with Crippen LogP contribution in [0, 0.1) is 0 Å². The topological polar surface area (TPSA) is 63.2 Å². The van der Waals surface area contributed by atoms with Crippen molar-refractivity contribution in [3.63, 3.8) is 0 Å². The first-order valence-corrected chi connectivity index (χ1v) is 6.45. The van der Waals surface area contributed by atoms with Gasteiger partial charge in [-0.05, 0) is 23.7 Å². The lowest BCUT2D eigenvalue weighted by molar-refractivity contribution is 0.0642. The molecule has 100 valence electrons. The van der Waals surface area contributed by atoms with Gasteiger partial charge in [-0.1, -0.05) is 23.7 Å². The van der Waals surface area contributed by atoms with E-state index in [0.29, 0.717) is 16.7 Å². The van der Waals surface area contributed by atoms with Gasteiger partial charge in [0.25, 0.3) is 11.8 Å². The minimum Gasteiger partial charge on any atom is -0.270 e. The van der Waals surface area contributed by atoms with Crippen LogP contribution >= 0.6 is 23.2 Å². The Bertz CT molecular complexity index is 698. The highest BCUT2D eigenvalue weighted by Gasteiger charge is 2.35. The molecule has 20 heavy (non-hydrogen) atoms. The molecule has 1 aromatic heterocycles. The molecule has 0 N–H and O–H groups in total. The molecule has 0 fully saturated rings. The quantitative estimate of drug-likeness (QED) is 0.486. The Balaban J connectivity index is 1.94. The van der Waals surface area contributed by atoms with Crippen LogP contribution in [0.15, 0.2) is 30.5 Å². The van der Waals surface area contributed by atoms with Gasteiger partial charge in [0.1, 0.15) is 5.15 Å². The van der Waals surface area contributed by atoms with Gasteiger partial charge in [0.15, 0.2) is 0 Å². The summed E-state index contributed by atoms with van der Waals surface area (Å²) in [7, 11) is 0. The summed E-state index contributed by atoms with van der Waals surface area (Å²) in [4.78, 5) is 33.1. The van der Waals surface area contributed by atoms with Crippen LogP contribution in [-0.2, 0) is 6.54 Å². The van der Waals surface area contributed by atoms with E-state index in [2.05, 4.69) is 9.97 Å². The van der Waals surface area contributed by atoms with E-state index >= 15 is 0 Å². The number of imide groups is 1. The third-order valence-corrected chi connectivity index (χ3v) is 3.50. The van der Waals surface area contributed by atoms with E-state index < -0.39 is 0 Å². The van der Waals surface area contributed by atoms with Gasteiger partial charge in [-0.15, -0.1) is 0 Å². The number of halogens is 2. The third-order valence-electron chi connectivity index (χ3n) is 2.99. The van der Waals surface area contributed by atoms with Crippen LogP contribution in [0.2, 0.25) is 10.4 Å². The Morgan fingerprint density at radius 2 is 1.65 bits per heavy atom. The Morgan fingerprint density at radius 3 is 2.20 bits per heavy atom. The second-order valence-electron chi connectivity index (χ2n) is 4.20. The van der Waals surface area contributed by atoms with Crippen LogP contribution in [-0.4, -0.2) is 26.7 Å². The number of amides is 2. The summed E-state index contributed by atoms with van der Waals surface area (Å²) in [6, 6.07) is 6.67. The summed E-state index contributed by atoms with van der Waals surface area (Å²) in [5.41, 5.74) is 1.25. The molecule has 2 amide bonds. The van der Waals surface area contributed by atoms with Gasteiger partial charge in [0.2, 0.25) is 5.28 Å². The van der Waals surface area contributed by atoms with Crippen molar-refractivity contribution in [2.75, 3.05) is 0 Å². The lowest BCUT2D eigenvalue weighted by Gasteiger charge is -2.14. The first-order valence-electron chi connectivity index (χ1n) is 5.70. The normalized spacial score (nSPS) is 13.8. The Morgan fingerprint density at radius 1 is 1.05 bits per heavy atom. The number of benzene rings is 1. The van der Waals surface area contributed by atoms with E-state index in [9.17, 15) is 9.59 Å². The van der Waals surface area contributed by atoms with E-state index in [4.69, 9.17) is 23.2 Å². The molecular weight excluding hydrogens is 301 g/mol. The fourth-order valence-corrected chi connectivity index (χ4v) is 2.39. The van der Waals surface area contributed by atoms with Crippen LogP contribution in [0.1, 0.15) is 26.3 Å². The summed E-state index contributed by atoms with van der Waals surface area (Å²) in [6.07, 6.45) is 1.40. The minimum absolute atomic E-state index is 0.0149. The second kappa shape index (κ2) is 4.85. The predicted octanol–water partition coefficient (Wildman–Crippen LogP) is 2.58. The van der Waals surface area contributed by atoms with Gasteiger partial charge in [-0.2, -0.15) is 0 Å². The Labute approximate surface area is 124 Å². The van der Waals surface area contributed by atoms with E-state index in [1.807, 2.05) is 0 Å². The van der Waals surface area contributed by atoms with Crippen molar-refractivity contribution in [3.8, 4) is 0 Å². The number of carbonyl (C=O) groups is 2. The van der Waals surface area contributed by atoms with Crippen LogP contribution in [0.25, 0.3) is 0 Å². The van der Waals surface area contributed by atoms with Crippen LogP contribution < -0.4 is 0 Å². The molecule has 0 radical (unpaired) electrons. The Hall–Kier alpha value is -1.98. The smallest absolute Gasteiger partial charge is 0.261 e. The van der Waals surface area contributed by atoms with E-state index in [-0.39, 0.29) is 28.8 Å². The maximum absolute atomic E-state index is 12.2. The molecule has 0 saturated heterocycles. The first-order chi connectivity index (χ1) is 9.58. The highest BCUT2D eigenvalue weighted by Crippen LogP contribution is 2.25. The number of hydrogen-bond acceptors (Lipinski definition) is 4. The molecular formula is C13H7Cl2N3O2. The first kappa shape index (κ1) is 13.0. The van der Waals surface area contributed by atoms with Crippen molar-refractivity contribution in [2.45, 2.75) is 6.54 Å². The van der Waals surface area contributed by atoms with Crippen LogP contribution in [0.3, 0.4) is 0 Å². The number of hydrogen-bond donors (Lipinski definition) is 0. The molecule has 0 atom stereocenters. The molecule has 0 bridgehead atoms. The van der Waals surface area contributed by atoms with E-state index in [0.717, 1.165) is 4.90 Å². The SMILES string of the molecule is O=C1c2ccccc2C(=O)N1Cc1cnc(Cl)nc1Cl. The largest absolute Gasteiger partial charge is 0.270 e.